The molecule has 4 rings (SSSR count). The van der Waals surface area contributed by atoms with Gasteiger partial charge in [-0.2, -0.15) is 0 Å². The van der Waals surface area contributed by atoms with Gasteiger partial charge >= 0.3 is 5.97 Å². The lowest BCUT2D eigenvalue weighted by Crippen LogP contribution is -2.60. The number of esters is 1. The number of thioether (sulfide) groups is 1. The lowest BCUT2D eigenvalue weighted by atomic mass is 9.45. The van der Waals surface area contributed by atoms with Gasteiger partial charge in [0.2, 0.25) is 0 Å². The van der Waals surface area contributed by atoms with E-state index in [1.54, 1.807) is 0 Å². The molecule has 0 aromatic rings. The third kappa shape index (κ3) is 4.64. The molecule has 0 saturated heterocycles. The number of ether oxygens (including phenoxy) is 1. The van der Waals surface area contributed by atoms with Crippen molar-refractivity contribution in [3.05, 3.63) is 12.7 Å². The molecule has 0 aromatic heterocycles. The maximum atomic E-state index is 13.2. The van der Waals surface area contributed by atoms with Crippen molar-refractivity contribution in [1.82, 2.24) is 0 Å². The van der Waals surface area contributed by atoms with E-state index in [0.29, 0.717) is 25.0 Å². The van der Waals surface area contributed by atoms with Crippen LogP contribution in [0.15, 0.2) is 12.7 Å². The minimum atomic E-state index is -0.663. The molecule has 1 unspecified atom stereocenters. The first-order valence-electron chi connectivity index (χ1n) is 13.5. The highest BCUT2D eigenvalue weighted by atomic mass is 32.2. The average Bonchev–Trinajstić information content (AvgIpc) is 3.13. The average molecular weight is 508 g/mol. The Hall–Kier alpha value is -0.890. The van der Waals surface area contributed by atoms with Crippen molar-refractivity contribution in [3.8, 4) is 0 Å². The summed E-state index contributed by atoms with van der Waals surface area (Å²) in [6.45, 7) is 12.6. The van der Waals surface area contributed by atoms with Gasteiger partial charge < -0.3 is 20.7 Å². The summed E-state index contributed by atoms with van der Waals surface area (Å²) in [5.41, 5.74) is 4.77. The van der Waals surface area contributed by atoms with Crippen molar-refractivity contribution in [2.75, 3.05) is 5.75 Å². The molecule has 35 heavy (non-hydrogen) atoms. The molecule has 4 saturated carbocycles. The minimum Gasteiger partial charge on any atom is -0.461 e. The molecule has 4 N–H and O–H groups in total. The predicted octanol–water partition coefficient (Wildman–Crippen LogP) is 3.87. The highest BCUT2D eigenvalue weighted by molar-refractivity contribution is 8.00. The Bertz CT molecular complexity index is 851. The Morgan fingerprint density at radius 1 is 1.26 bits per heavy atom. The van der Waals surface area contributed by atoms with Gasteiger partial charge in [0.15, 0.2) is 0 Å². The van der Waals surface area contributed by atoms with Gasteiger partial charge in [0.05, 0.1) is 18.0 Å². The lowest BCUT2D eigenvalue weighted by Gasteiger charge is -2.60. The zero-order chi connectivity index (χ0) is 25.8. The highest BCUT2D eigenvalue weighted by Crippen LogP contribution is 2.66. The molecule has 0 heterocycles. The quantitative estimate of drug-likeness (QED) is 0.383. The van der Waals surface area contributed by atoms with Crippen LogP contribution >= 0.6 is 11.8 Å². The summed E-state index contributed by atoms with van der Waals surface area (Å²) in [5.74, 6) is 0.381. The fourth-order valence-electron chi connectivity index (χ4n) is 7.98. The van der Waals surface area contributed by atoms with Crippen LogP contribution in [0.25, 0.3) is 0 Å². The largest absolute Gasteiger partial charge is 0.461 e. The monoisotopic (exact) mass is 507 g/mol. The molecule has 0 amide bonds. The molecule has 0 aliphatic heterocycles. The van der Waals surface area contributed by atoms with Gasteiger partial charge in [0.1, 0.15) is 11.9 Å². The SMILES string of the molecule is C=C[C@]1(C)C[C@@H](OC(=O)CS[C@@H]2CC[C@@H](N)C[C@H]2O)[C@@]2(C)C[C@@]3(CCC(=O)[C@H]3CC2C)[C@@H](C)[C@@H]1O. The number of fused-ring (bicyclic) bond motifs is 1. The van der Waals surface area contributed by atoms with Crippen molar-refractivity contribution in [1.29, 1.82) is 0 Å². The van der Waals surface area contributed by atoms with E-state index in [1.807, 2.05) is 13.0 Å². The van der Waals surface area contributed by atoms with Gasteiger partial charge in [-0.25, -0.2) is 0 Å². The molecule has 0 aromatic carbocycles. The van der Waals surface area contributed by atoms with Crippen molar-refractivity contribution < 1.29 is 24.5 Å². The molecule has 1 spiro atoms. The molecule has 0 radical (unpaired) electrons. The van der Waals surface area contributed by atoms with Crippen LogP contribution in [0.3, 0.4) is 0 Å². The molecular formula is C28H45NO5S. The molecule has 6 nitrogen and oxygen atoms in total. The molecule has 198 valence electrons. The highest BCUT2D eigenvalue weighted by Gasteiger charge is 2.65. The second-order valence-corrected chi connectivity index (χ2v) is 13.9. The topological polar surface area (TPSA) is 110 Å². The number of carbonyl (C=O) groups is 2. The molecule has 11 atom stereocenters. The first-order chi connectivity index (χ1) is 16.4. The third-order valence-corrected chi connectivity index (χ3v) is 12.1. The first kappa shape index (κ1) is 27.2. The Kier molecular flexibility index (Phi) is 7.58. The molecule has 4 fully saturated rings. The number of nitrogens with two attached hydrogens (primary N) is 1. The van der Waals surface area contributed by atoms with E-state index in [2.05, 4.69) is 27.4 Å². The smallest absolute Gasteiger partial charge is 0.316 e. The van der Waals surface area contributed by atoms with E-state index in [-0.39, 0.29) is 57.7 Å². The van der Waals surface area contributed by atoms with E-state index in [0.717, 1.165) is 32.1 Å². The number of carbonyl (C=O) groups excluding carboxylic acids is 2. The number of aliphatic hydroxyl groups excluding tert-OH is 2. The molecule has 4 aliphatic rings. The number of hydrogen-bond donors (Lipinski definition) is 3. The zero-order valence-corrected chi connectivity index (χ0v) is 22.7. The third-order valence-electron chi connectivity index (χ3n) is 10.7. The summed E-state index contributed by atoms with van der Waals surface area (Å²) < 4.78 is 6.28. The van der Waals surface area contributed by atoms with Crippen molar-refractivity contribution in [3.63, 3.8) is 0 Å². The van der Waals surface area contributed by atoms with Crippen LogP contribution in [0.4, 0.5) is 0 Å². The summed E-state index contributed by atoms with van der Waals surface area (Å²) in [6.07, 6.45) is 5.96. The predicted molar refractivity (Wildman–Crippen MR) is 139 cm³/mol. The van der Waals surface area contributed by atoms with E-state index < -0.39 is 17.6 Å². The van der Waals surface area contributed by atoms with Crippen LogP contribution in [0.2, 0.25) is 0 Å². The fourth-order valence-corrected chi connectivity index (χ4v) is 9.03. The van der Waals surface area contributed by atoms with Gasteiger partial charge in [0.25, 0.3) is 0 Å². The number of rotatable bonds is 5. The Balaban J connectivity index is 1.58. The van der Waals surface area contributed by atoms with Crippen molar-refractivity contribution >= 4 is 23.5 Å². The summed E-state index contributed by atoms with van der Waals surface area (Å²) in [5, 5.41) is 22.0. The minimum absolute atomic E-state index is 0.00137. The van der Waals surface area contributed by atoms with Crippen LogP contribution in [-0.4, -0.2) is 57.3 Å². The first-order valence-corrected chi connectivity index (χ1v) is 14.5. The van der Waals surface area contributed by atoms with Crippen LogP contribution in [0, 0.1) is 34.0 Å². The summed E-state index contributed by atoms with van der Waals surface area (Å²) in [6, 6.07) is 0.0282. The van der Waals surface area contributed by atoms with Gasteiger partial charge in [-0.3, -0.25) is 9.59 Å². The molecule has 7 heteroatoms. The summed E-state index contributed by atoms with van der Waals surface area (Å²) in [7, 11) is 0. The zero-order valence-electron chi connectivity index (χ0n) is 21.9. The molecule has 4 aliphatic carbocycles. The standard InChI is InChI=1S/C28H45NO5S/c1-6-26(4)13-23(34-24(32)14-35-22-8-7-18(29)12-21(22)31)27(5)15-28(17(3)25(26)33)10-9-20(30)19(28)11-16(27)2/h6,16-19,21-23,25,31,33H,1,7-15,29H2,2-5H3/t16?,17-,18+,19+,21+,22+,23+,25-,26+,27-,28-/m0/s1. The van der Waals surface area contributed by atoms with Crippen molar-refractivity contribution in [2.45, 2.75) is 109 Å². The Labute approximate surface area is 214 Å². The number of aliphatic hydroxyl groups is 2. The van der Waals surface area contributed by atoms with E-state index >= 15 is 0 Å². The fraction of sp³-hybridized carbons (Fsp3) is 0.857. The van der Waals surface area contributed by atoms with Gasteiger partial charge in [-0.1, -0.05) is 33.8 Å². The molecule has 2 bridgehead atoms. The van der Waals surface area contributed by atoms with Gasteiger partial charge in [0, 0.05) is 34.5 Å². The number of Topliss-reactive ketones (excluding diaryl/α,β-unsaturated/α-hetero) is 1. The van der Waals surface area contributed by atoms with Gasteiger partial charge in [-0.05, 0) is 62.2 Å². The number of hydrogen-bond acceptors (Lipinski definition) is 7. The van der Waals surface area contributed by atoms with Crippen LogP contribution in [-0.2, 0) is 14.3 Å². The van der Waals surface area contributed by atoms with E-state index in [1.165, 1.54) is 11.8 Å². The normalized spacial score (nSPS) is 50.1. The number of ketones is 1. The van der Waals surface area contributed by atoms with Crippen molar-refractivity contribution in [2.24, 2.45) is 39.7 Å². The van der Waals surface area contributed by atoms with E-state index in [9.17, 15) is 19.8 Å². The van der Waals surface area contributed by atoms with Gasteiger partial charge in [-0.15, -0.1) is 18.3 Å². The Morgan fingerprint density at radius 3 is 2.63 bits per heavy atom. The summed E-state index contributed by atoms with van der Waals surface area (Å²) >= 11 is 1.46. The summed E-state index contributed by atoms with van der Waals surface area (Å²) in [4.78, 5) is 26.1. The Morgan fingerprint density at radius 2 is 1.97 bits per heavy atom. The van der Waals surface area contributed by atoms with Crippen LogP contribution < -0.4 is 5.73 Å². The maximum absolute atomic E-state index is 13.2. The maximum Gasteiger partial charge on any atom is 0.316 e. The second-order valence-electron chi connectivity index (χ2n) is 12.7. The lowest BCUT2D eigenvalue weighted by molar-refractivity contribution is -0.193. The molecular weight excluding hydrogens is 462 g/mol. The second kappa shape index (κ2) is 9.77. The van der Waals surface area contributed by atoms with E-state index in [4.69, 9.17) is 10.5 Å². The van der Waals surface area contributed by atoms with Crippen LogP contribution in [0.5, 0.6) is 0 Å². The van der Waals surface area contributed by atoms with Crippen LogP contribution in [0.1, 0.15) is 79.1 Å².